The van der Waals surface area contributed by atoms with Gasteiger partial charge in [0.05, 0.1) is 18.6 Å². The average molecular weight is 539 g/mol. The standard InChI is InChI=1S/C27H23FN2O5S2/c1-3-34-23-14-18(6-13-22(23)35-16-17-4-9-20(28)10-5-17)15-24-26(32)30(27(36)37-24)29-25(31)19-7-11-21(33-2)12-8-19/h4-15H,3,16H2,1-2H3,(H,29,31)/b24-15-. The zero-order valence-electron chi connectivity index (χ0n) is 20.0. The highest BCUT2D eigenvalue weighted by atomic mass is 32.2. The van der Waals surface area contributed by atoms with Crippen LogP contribution in [0.5, 0.6) is 17.2 Å². The van der Waals surface area contributed by atoms with Crippen LogP contribution in [0.4, 0.5) is 4.39 Å². The molecule has 3 aromatic rings. The summed E-state index contributed by atoms with van der Waals surface area (Å²) in [5.41, 5.74) is 4.42. The van der Waals surface area contributed by atoms with Gasteiger partial charge in [0.25, 0.3) is 11.8 Å². The van der Waals surface area contributed by atoms with Crippen LogP contribution in [-0.4, -0.2) is 34.9 Å². The van der Waals surface area contributed by atoms with E-state index in [1.165, 1.54) is 19.2 Å². The van der Waals surface area contributed by atoms with Crippen LogP contribution in [0, 0.1) is 5.82 Å². The summed E-state index contributed by atoms with van der Waals surface area (Å²) in [6.07, 6.45) is 1.67. The molecule has 0 spiro atoms. The van der Waals surface area contributed by atoms with Gasteiger partial charge in [0, 0.05) is 5.56 Å². The molecule has 190 valence electrons. The third-order valence-electron chi connectivity index (χ3n) is 5.23. The minimum Gasteiger partial charge on any atom is -0.497 e. The quantitative estimate of drug-likeness (QED) is 0.290. The van der Waals surface area contributed by atoms with Gasteiger partial charge in [-0.25, -0.2) is 4.39 Å². The van der Waals surface area contributed by atoms with Gasteiger partial charge in [-0.3, -0.25) is 15.0 Å². The Bertz CT molecular complexity index is 1340. The maximum atomic E-state index is 13.1. The predicted octanol–water partition coefficient (Wildman–Crippen LogP) is 5.36. The van der Waals surface area contributed by atoms with Gasteiger partial charge in [0.15, 0.2) is 15.8 Å². The molecule has 0 atom stereocenters. The van der Waals surface area contributed by atoms with Gasteiger partial charge in [-0.2, -0.15) is 5.01 Å². The number of nitrogens with zero attached hydrogens (tertiary/aromatic N) is 1. The van der Waals surface area contributed by atoms with Gasteiger partial charge in [0.2, 0.25) is 0 Å². The fraction of sp³-hybridized carbons (Fsp3) is 0.148. The van der Waals surface area contributed by atoms with Crippen molar-refractivity contribution in [1.82, 2.24) is 10.4 Å². The molecular weight excluding hydrogens is 515 g/mol. The summed E-state index contributed by atoms with van der Waals surface area (Å²) in [5.74, 6) is 0.412. The maximum absolute atomic E-state index is 13.1. The number of thioether (sulfide) groups is 1. The van der Waals surface area contributed by atoms with Gasteiger partial charge in [-0.05, 0) is 84.9 Å². The lowest BCUT2D eigenvalue weighted by atomic mass is 10.1. The smallest absolute Gasteiger partial charge is 0.285 e. The largest absolute Gasteiger partial charge is 0.497 e. The first-order valence-corrected chi connectivity index (χ1v) is 12.5. The van der Waals surface area contributed by atoms with Gasteiger partial charge in [0.1, 0.15) is 18.2 Å². The molecule has 0 aromatic heterocycles. The Hall–Kier alpha value is -3.89. The number of nitrogens with one attached hydrogen (secondary N) is 1. The second-order valence-electron chi connectivity index (χ2n) is 7.74. The van der Waals surface area contributed by atoms with Crippen LogP contribution in [0.2, 0.25) is 0 Å². The van der Waals surface area contributed by atoms with E-state index in [-0.39, 0.29) is 16.7 Å². The van der Waals surface area contributed by atoms with E-state index in [1.54, 1.807) is 60.7 Å². The SMILES string of the molecule is CCOc1cc(/C=C2\SC(=S)N(NC(=O)c3ccc(OC)cc3)C2=O)ccc1OCc1ccc(F)cc1. The number of methoxy groups -OCH3 is 1. The molecule has 1 fully saturated rings. The number of halogens is 1. The number of benzene rings is 3. The number of carbonyl (C=O) groups is 2. The summed E-state index contributed by atoms with van der Waals surface area (Å²) in [4.78, 5) is 25.9. The number of carbonyl (C=O) groups excluding carboxylic acids is 2. The molecule has 1 aliphatic rings. The summed E-state index contributed by atoms with van der Waals surface area (Å²) >= 11 is 6.40. The monoisotopic (exact) mass is 538 g/mol. The third kappa shape index (κ3) is 6.46. The summed E-state index contributed by atoms with van der Waals surface area (Å²) in [6.45, 7) is 2.51. The molecule has 0 bridgehead atoms. The lowest BCUT2D eigenvalue weighted by Gasteiger charge is -2.15. The summed E-state index contributed by atoms with van der Waals surface area (Å²) in [5, 5.41) is 1.06. The minimum atomic E-state index is -0.471. The predicted molar refractivity (Wildman–Crippen MR) is 144 cm³/mol. The van der Waals surface area contributed by atoms with E-state index in [0.717, 1.165) is 22.3 Å². The first kappa shape index (κ1) is 26.2. The van der Waals surface area contributed by atoms with E-state index in [1.807, 2.05) is 6.92 Å². The van der Waals surface area contributed by atoms with E-state index < -0.39 is 11.8 Å². The van der Waals surface area contributed by atoms with Gasteiger partial charge in [-0.15, -0.1) is 0 Å². The minimum absolute atomic E-state index is 0.211. The van der Waals surface area contributed by atoms with Gasteiger partial charge in [-0.1, -0.05) is 30.0 Å². The summed E-state index contributed by atoms with van der Waals surface area (Å²) in [6, 6.07) is 17.8. The molecule has 10 heteroatoms. The molecule has 2 amide bonds. The molecule has 0 radical (unpaired) electrons. The average Bonchev–Trinajstić information content (AvgIpc) is 3.16. The first-order valence-electron chi connectivity index (χ1n) is 11.2. The highest BCUT2D eigenvalue weighted by molar-refractivity contribution is 8.26. The Balaban J connectivity index is 1.47. The van der Waals surface area contributed by atoms with E-state index in [9.17, 15) is 14.0 Å². The number of hydrogen-bond acceptors (Lipinski definition) is 7. The Morgan fingerprint density at radius 3 is 2.46 bits per heavy atom. The molecule has 3 aromatic carbocycles. The van der Waals surface area contributed by atoms with Crippen LogP contribution < -0.4 is 19.6 Å². The molecule has 7 nitrogen and oxygen atoms in total. The second-order valence-corrected chi connectivity index (χ2v) is 9.42. The maximum Gasteiger partial charge on any atom is 0.285 e. The summed E-state index contributed by atoms with van der Waals surface area (Å²) < 4.78 is 30.0. The van der Waals surface area contributed by atoms with Crippen LogP contribution in [0.3, 0.4) is 0 Å². The lowest BCUT2D eigenvalue weighted by molar-refractivity contribution is -0.123. The van der Waals surface area contributed by atoms with Crippen LogP contribution in [0.25, 0.3) is 6.08 Å². The van der Waals surface area contributed by atoms with Crippen molar-refractivity contribution < 1.29 is 28.2 Å². The Kier molecular flexibility index (Phi) is 8.42. The van der Waals surface area contributed by atoms with Crippen molar-refractivity contribution in [2.75, 3.05) is 13.7 Å². The second kappa shape index (κ2) is 11.9. The molecule has 0 saturated carbocycles. The summed E-state index contributed by atoms with van der Waals surface area (Å²) in [7, 11) is 1.54. The van der Waals surface area contributed by atoms with Crippen molar-refractivity contribution in [3.63, 3.8) is 0 Å². The third-order valence-corrected chi connectivity index (χ3v) is 6.53. The van der Waals surface area contributed by atoms with Gasteiger partial charge < -0.3 is 14.2 Å². The molecule has 1 heterocycles. The number of ether oxygens (including phenoxy) is 3. The topological polar surface area (TPSA) is 77.1 Å². The van der Waals surface area contributed by atoms with E-state index in [2.05, 4.69) is 5.43 Å². The van der Waals surface area contributed by atoms with Crippen LogP contribution in [0.1, 0.15) is 28.4 Å². The van der Waals surface area contributed by atoms with Crippen molar-refractivity contribution in [1.29, 1.82) is 0 Å². The van der Waals surface area contributed by atoms with E-state index >= 15 is 0 Å². The van der Waals surface area contributed by atoms with Crippen molar-refractivity contribution in [2.24, 2.45) is 0 Å². The number of hydrazine groups is 1. The Morgan fingerprint density at radius 2 is 1.78 bits per heavy atom. The fourth-order valence-electron chi connectivity index (χ4n) is 3.37. The van der Waals surface area contributed by atoms with Crippen LogP contribution in [0.15, 0.2) is 71.6 Å². The molecule has 0 aliphatic carbocycles. The fourth-order valence-corrected chi connectivity index (χ4v) is 4.55. The Morgan fingerprint density at radius 1 is 1.05 bits per heavy atom. The number of rotatable bonds is 9. The number of thiocarbonyl (C=S) groups is 1. The van der Waals surface area contributed by atoms with Crippen LogP contribution in [-0.2, 0) is 11.4 Å². The lowest BCUT2D eigenvalue weighted by Crippen LogP contribution is -2.44. The van der Waals surface area contributed by atoms with Crippen molar-refractivity contribution in [2.45, 2.75) is 13.5 Å². The van der Waals surface area contributed by atoms with Crippen molar-refractivity contribution >= 4 is 46.2 Å². The molecule has 37 heavy (non-hydrogen) atoms. The van der Waals surface area contributed by atoms with Crippen molar-refractivity contribution in [3.05, 3.63) is 94.1 Å². The Labute approximate surface area is 223 Å². The van der Waals surface area contributed by atoms with E-state index in [0.29, 0.717) is 39.9 Å². The molecule has 1 N–H and O–H groups in total. The molecule has 1 aliphatic heterocycles. The highest BCUT2D eigenvalue weighted by Crippen LogP contribution is 2.34. The first-order chi connectivity index (χ1) is 17.9. The molecular formula is C27H23FN2O5S2. The molecule has 4 rings (SSSR count). The van der Waals surface area contributed by atoms with Crippen molar-refractivity contribution in [3.8, 4) is 17.2 Å². The number of hydrogen-bond donors (Lipinski definition) is 1. The highest BCUT2D eigenvalue weighted by Gasteiger charge is 2.33. The molecule has 1 saturated heterocycles. The normalized spacial score (nSPS) is 14.1. The zero-order valence-corrected chi connectivity index (χ0v) is 21.7. The van der Waals surface area contributed by atoms with Gasteiger partial charge >= 0.3 is 0 Å². The molecule has 0 unspecified atom stereocenters. The van der Waals surface area contributed by atoms with E-state index in [4.69, 9.17) is 26.4 Å². The van der Waals surface area contributed by atoms with Crippen LogP contribution >= 0.6 is 24.0 Å². The zero-order chi connectivity index (χ0) is 26.4. The number of amides is 2.